The lowest BCUT2D eigenvalue weighted by molar-refractivity contribution is 1.21. The van der Waals surface area contributed by atoms with Crippen LogP contribution in [0.4, 0.5) is 0 Å². The molecule has 3 heteroatoms. The summed E-state index contributed by atoms with van der Waals surface area (Å²) in [4.78, 5) is 0. The molecule has 2 aliphatic carbocycles. The van der Waals surface area contributed by atoms with Gasteiger partial charge >= 0.3 is 0 Å². The largest absolute Gasteiger partial charge is 0.191 e. The molecule has 0 unspecified atom stereocenters. The lowest BCUT2D eigenvalue weighted by Gasteiger charge is -2.30. The summed E-state index contributed by atoms with van der Waals surface area (Å²) in [6.45, 7) is 0. The number of alkyl halides is 1. The lowest BCUT2D eigenvalue weighted by atomic mass is 10.4. The van der Waals surface area contributed by atoms with Crippen molar-refractivity contribution in [3.63, 3.8) is 0 Å². The molecule has 74 valence electrons. The lowest BCUT2D eigenvalue weighted by Crippen LogP contribution is -2.38. The second-order valence-corrected chi connectivity index (χ2v) is 10.0. The third-order valence-corrected chi connectivity index (χ3v) is 9.85. The molecule has 0 radical (unpaired) electrons. The fourth-order valence-corrected chi connectivity index (χ4v) is 6.37. The summed E-state index contributed by atoms with van der Waals surface area (Å²) in [5.74, 6) is 0. The third-order valence-electron chi connectivity index (χ3n) is 2.81. The number of hydrogen-bond donors (Lipinski definition) is 0. The molecule has 0 fully saturated rings. The van der Waals surface area contributed by atoms with Crippen LogP contribution in [0.25, 0.3) is 0 Å². The van der Waals surface area contributed by atoms with Gasteiger partial charge in [-0.1, -0.05) is 48.6 Å². The van der Waals surface area contributed by atoms with E-state index < -0.39 is 7.38 Å². The molecule has 0 amide bonds. The van der Waals surface area contributed by atoms with Crippen LogP contribution in [-0.2, 0) is 0 Å². The van der Waals surface area contributed by atoms with Crippen LogP contribution in [0.2, 0.25) is 11.1 Å². The van der Waals surface area contributed by atoms with Crippen molar-refractivity contribution in [2.24, 2.45) is 0 Å². The van der Waals surface area contributed by atoms with Gasteiger partial charge in [0.05, 0.1) is 0 Å². The third kappa shape index (κ3) is 1.65. The first kappa shape index (κ1) is 10.3. The van der Waals surface area contributed by atoms with Gasteiger partial charge in [0.2, 0.25) is 0 Å². The SMILES string of the molecule is ClC[Si](Cl)(C1C=CC=C1)C1C=CC=C1. The quantitative estimate of drug-likeness (QED) is 0.400. The Balaban J connectivity index is 2.24. The zero-order valence-corrected chi connectivity index (χ0v) is 10.2. The maximum atomic E-state index is 6.74. The maximum absolute atomic E-state index is 6.74. The minimum Gasteiger partial charge on any atom is -0.164 e. The Morgan fingerprint density at radius 1 is 0.857 bits per heavy atom. The van der Waals surface area contributed by atoms with Gasteiger partial charge in [-0.15, -0.1) is 11.6 Å². The van der Waals surface area contributed by atoms with E-state index in [1.165, 1.54) is 0 Å². The van der Waals surface area contributed by atoms with Crippen LogP contribution >= 0.6 is 22.7 Å². The first-order valence-electron chi connectivity index (χ1n) is 4.72. The van der Waals surface area contributed by atoms with Gasteiger partial charge in [-0.05, 0) is 0 Å². The summed E-state index contributed by atoms with van der Waals surface area (Å²) in [6, 6.07) is 0. The Morgan fingerprint density at radius 3 is 1.50 bits per heavy atom. The predicted octanol–water partition coefficient (Wildman–Crippen LogP) is 3.94. The maximum Gasteiger partial charge on any atom is 0.191 e. The van der Waals surface area contributed by atoms with Crippen LogP contribution in [0.5, 0.6) is 0 Å². The van der Waals surface area contributed by atoms with E-state index >= 15 is 0 Å². The van der Waals surface area contributed by atoms with E-state index in [4.69, 9.17) is 22.7 Å². The molecule has 0 aromatic rings. The van der Waals surface area contributed by atoms with Crippen molar-refractivity contribution >= 4 is 30.1 Å². The van der Waals surface area contributed by atoms with Gasteiger partial charge in [-0.2, -0.15) is 11.1 Å². The average molecular weight is 243 g/mol. The van der Waals surface area contributed by atoms with Gasteiger partial charge in [0.15, 0.2) is 7.38 Å². The molecule has 0 aromatic carbocycles. The Morgan fingerprint density at radius 2 is 1.21 bits per heavy atom. The highest BCUT2D eigenvalue weighted by Crippen LogP contribution is 2.43. The van der Waals surface area contributed by atoms with Gasteiger partial charge in [-0.25, -0.2) is 0 Å². The van der Waals surface area contributed by atoms with Crippen molar-refractivity contribution in [3.8, 4) is 0 Å². The molecule has 0 nitrogen and oxygen atoms in total. The average Bonchev–Trinajstić information content (AvgIpc) is 2.88. The summed E-state index contributed by atoms with van der Waals surface area (Å²) < 4.78 is 0. The molecule has 0 heterocycles. The number of hydrogen-bond acceptors (Lipinski definition) is 0. The summed E-state index contributed by atoms with van der Waals surface area (Å²) in [5, 5.41) is 0. The Bertz CT molecular complexity index is 276. The van der Waals surface area contributed by atoms with Crippen LogP contribution in [0, 0.1) is 0 Å². The summed E-state index contributed by atoms with van der Waals surface area (Å²) in [5.41, 5.74) is 1.34. The molecule has 0 spiro atoms. The highest BCUT2D eigenvalue weighted by molar-refractivity contribution is 7.24. The fourth-order valence-electron chi connectivity index (χ4n) is 1.90. The van der Waals surface area contributed by atoms with Crippen LogP contribution in [-0.4, -0.2) is 12.9 Å². The van der Waals surface area contributed by atoms with Crippen LogP contribution in [0.1, 0.15) is 0 Å². The van der Waals surface area contributed by atoms with Gasteiger partial charge < -0.3 is 0 Å². The van der Waals surface area contributed by atoms with Crippen molar-refractivity contribution in [2.45, 2.75) is 11.1 Å². The second-order valence-electron chi connectivity index (χ2n) is 3.65. The van der Waals surface area contributed by atoms with Crippen molar-refractivity contribution in [2.75, 3.05) is 5.50 Å². The number of halogens is 2. The summed E-state index contributed by atoms with van der Waals surface area (Å²) >= 11 is 12.8. The fraction of sp³-hybridized carbons (Fsp3) is 0.273. The topological polar surface area (TPSA) is 0 Å². The van der Waals surface area contributed by atoms with Gasteiger partial charge in [-0.3, -0.25) is 0 Å². The highest BCUT2D eigenvalue weighted by Gasteiger charge is 2.43. The molecule has 0 aromatic heterocycles. The van der Waals surface area contributed by atoms with Gasteiger partial charge in [0, 0.05) is 16.6 Å². The van der Waals surface area contributed by atoms with Gasteiger partial charge in [0.1, 0.15) is 0 Å². The first-order valence-corrected chi connectivity index (χ1v) is 8.63. The van der Waals surface area contributed by atoms with Crippen LogP contribution in [0.15, 0.2) is 48.6 Å². The van der Waals surface area contributed by atoms with E-state index in [9.17, 15) is 0 Å². The molecule has 0 aliphatic heterocycles. The van der Waals surface area contributed by atoms with E-state index in [0.29, 0.717) is 16.6 Å². The smallest absolute Gasteiger partial charge is 0.164 e. The highest BCUT2D eigenvalue weighted by atomic mass is 35.6. The number of rotatable bonds is 3. The molecular formula is C11H12Cl2Si. The van der Waals surface area contributed by atoms with E-state index in [2.05, 4.69) is 48.6 Å². The molecule has 0 N–H and O–H groups in total. The van der Waals surface area contributed by atoms with Crippen LogP contribution in [0.3, 0.4) is 0 Å². The zero-order chi connectivity index (χ0) is 10.0. The molecule has 0 saturated heterocycles. The van der Waals surface area contributed by atoms with Gasteiger partial charge in [0.25, 0.3) is 0 Å². The standard InChI is InChI=1S/C11H12Cl2Si/c12-9-14(13,10-5-1-2-6-10)11-7-3-4-8-11/h1-8,10-11H,9H2. The Hall–Kier alpha value is -0.243. The molecule has 2 aliphatic rings. The monoisotopic (exact) mass is 242 g/mol. The zero-order valence-electron chi connectivity index (χ0n) is 7.74. The van der Waals surface area contributed by atoms with E-state index in [1.54, 1.807) is 0 Å². The molecule has 0 bridgehead atoms. The minimum absolute atomic E-state index is 0.374. The van der Waals surface area contributed by atoms with Crippen molar-refractivity contribution < 1.29 is 0 Å². The van der Waals surface area contributed by atoms with E-state index in [0.717, 1.165) is 0 Å². The number of allylic oxidation sites excluding steroid dienone is 8. The molecular weight excluding hydrogens is 231 g/mol. The minimum atomic E-state index is -1.97. The molecule has 0 atom stereocenters. The summed E-state index contributed by atoms with van der Waals surface area (Å²) in [7, 11) is -1.97. The molecule has 0 saturated carbocycles. The Kier molecular flexibility index (Phi) is 3.01. The normalized spacial score (nSPS) is 21.6. The van der Waals surface area contributed by atoms with Crippen molar-refractivity contribution in [3.05, 3.63) is 48.6 Å². The van der Waals surface area contributed by atoms with Crippen LogP contribution < -0.4 is 0 Å². The summed E-state index contributed by atoms with van der Waals surface area (Å²) in [6.07, 6.45) is 16.9. The predicted molar refractivity (Wildman–Crippen MR) is 66.4 cm³/mol. The second kappa shape index (κ2) is 4.09. The molecule has 2 rings (SSSR count). The van der Waals surface area contributed by atoms with Crippen molar-refractivity contribution in [1.82, 2.24) is 0 Å². The molecule has 14 heavy (non-hydrogen) atoms. The van der Waals surface area contributed by atoms with E-state index in [1.807, 2.05) is 0 Å². The van der Waals surface area contributed by atoms with Crippen molar-refractivity contribution in [1.29, 1.82) is 0 Å². The van der Waals surface area contributed by atoms with E-state index in [-0.39, 0.29) is 0 Å². The Labute approximate surface area is 95.3 Å². The first-order chi connectivity index (χ1) is 6.77.